The zero-order valence-corrected chi connectivity index (χ0v) is 19.4. The summed E-state index contributed by atoms with van der Waals surface area (Å²) in [4.78, 5) is 22.4. The largest absolute Gasteiger partial charge is 0.444 e. The molecule has 0 aliphatic carbocycles. The van der Waals surface area contributed by atoms with Crippen molar-refractivity contribution in [1.29, 1.82) is 0 Å². The van der Waals surface area contributed by atoms with Gasteiger partial charge in [-0.2, -0.15) is 0 Å². The number of carbonyl (C=O) groups is 1. The van der Waals surface area contributed by atoms with Gasteiger partial charge in [0.1, 0.15) is 17.4 Å². The number of anilines is 1. The van der Waals surface area contributed by atoms with Gasteiger partial charge >= 0.3 is 6.09 Å². The number of rotatable bonds is 5. The minimum atomic E-state index is -0.511. The lowest BCUT2D eigenvalue weighted by Crippen LogP contribution is -2.13. The minimum Gasteiger partial charge on any atom is -0.444 e. The van der Waals surface area contributed by atoms with Crippen molar-refractivity contribution in [1.82, 2.24) is 14.5 Å². The second-order valence-corrected chi connectivity index (χ2v) is 8.81. The van der Waals surface area contributed by atoms with E-state index in [-0.39, 0.29) is 6.61 Å². The Morgan fingerprint density at radius 2 is 1.97 bits per heavy atom. The SMILES string of the molecule is CCn1c(C)nc2cc(NC(=O)OCc3sc(-c4ccc(Cl)cc4C)nc3C)ccc21. The van der Waals surface area contributed by atoms with Crippen molar-refractivity contribution in [3.05, 3.63) is 63.4 Å². The second-order valence-electron chi connectivity index (χ2n) is 7.29. The van der Waals surface area contributed by atoms with Crippen LogP contribution < -0.4 is 5.32 Å². The number of hydrogen-bond acceptors (Lipinski definition) is 5. The summed E-state index contributed by atoms with van der Waals surface area (Å²) in [7, 11) is 0. The van der Waals surface area contributed by atoms with Crippen LogP contribution in [0.3, 0.4) is 0 Å². The van der Waals surface area contributed by atoms with E-state index >= 15 is 0 Å². The predicted molar refractivity (Wildman–Crippen MR) is 126 cm³/mol. The minimum absolute atomic E-state index is 0.161. The molecule has 0 unspecified atom stereocenters. The van der Waals surface area contributed by atoms with E-state index in [4.69, 9.17) is 16.3 Å². The smallest absolute Gasteiger partial charge is 0.411 e. The molecule has 0 fully saturated rings. The quantitative estimate of drug-likeness (QED) is 0.373. The normalized spacial score (nSPS) is 11.1. The zero-order chi connectivity index (χ0) is 22.1. The Hall–Kier alpha value is -2.90. The Morgan fingerprint density at radius 1 is 1.16 bits per heavy atom. The third-order valence-corrected chi connectivity index (χ3v) is 6.55. The summed E-state index contributed by atoms with van der Waals surface area (Å²) in [6.07, 6.45) is -0.511. The van der Waals surface area contributed by atoms with Gasteiger partial charge in [-0.05, 0) is 63.6 Å². The average Bonchev–Trinajstić information content (AvgIpc) is 3.24. The molecule has 0 spiro atoms. The number of ether oxygens (including phenoxy) is 1. The molecule has 4 aromatic rings. The van der Waals surface area contributed by atoms with E-state index in [1.54, 1.807) is 0 Å². The highest BCUT2D eigenvalue weighted by atomic mass is 35.5. The molecule has 0 aliphatic heterocycles. The van der Waals surface area contributed by atoms with Crippen LogP contribution >= 0.6 is 22.9 Å². The third-order valence-electron chi connectivity index (χ3n) is 5.15. The van der Waals surface area contributed by atoms with Crippen molar-refractivity contribution in [2.75, 3.05) is 5.32 Å². The summed E-state index contributed by atoms with van der Waals surface area (Å²) in [5.74, 6) is 0.949. The Bertz CT molecular complexity index is 1280. The van der Waals surface area contributed by atoms with Crippen molar-refractivity contribution in [2.24, 2.45) is 0 Å². The van der Waals surface area contributed by atoms with Crippen LogP contribution in [0.1, 0.15) is 28.9 Å². The van der Waals surface area contributed by atoms with Crippen molar-refractivity contribution >= 4 is 45.8 Å². The van der Waals surface area contributed by atoms with Crippen LogP contribution in [0.2, 0.25) is 5.02 Å². The molecule has 0 aliphatic rings. The molecule has 0 atom stereocenters. The van der Waals surface area contributed by atoms with Crippen LogP contribution in [-0.4, -0.2) is 20.6 Å². The molecule has 6 nitrogen and oxygen atoms in total. The van der Waals surface area contributed by atoms with Gasteiger partial charge in [0, 0.05) is 22.8 Å². The first-order valence-corrected chi connectivity index (χ1v) is 11.2. The molecule has 2 aromatic carbocycles. The van der Waals surface area contributed by atoms with Gasteiger partial charge in [0.25, 0.3) is 0 Å². The van der Waals surface area contributed by atoms with E-state index in [1.165, 1.54) is 11.3 Å². The van der Waals surface area contributed by atoms with E-state index in [1.807, 2.05) is 57.2 Å². The lowest BCUT2D eigenvalue weighted by Gasteiger charge is -2.07. The number of hydrogen-bond donors (Lipinski definition) is 1. The average molecular weight is 455 g/mol. The monoisotopic (exact) mass is 454 g/mol. The first kappa shape index (κ1) is 21.3. The second kappa shape index (κ2) is 8.69. The fraction of sp³-hybridized carbons (Fsp3) is 0.261. The van der Waals surface area contributed by atoms with E-state index in [0.717, 1.165) is 50.1 Å². The fourth-order valence-corrected chi connectivity index (χ4v) is 4.85. The molecule has 2 aromatic heterocycles. The first-order chi connectivity index (χ1) is 14.9. The van der Waals surface area contributed by atoms with Crippen molar-refractivity contribution in [3.63, 3.8) is 0 Å². The van der Waals surface area contributed by atoms with Crippen molar-refractivity contribution < 1.29 is 9.53 Å². The van der Waals surface area contributed by atoms with E-state index in [0.29, 0.717) is 10.7 Å². The molecule has 4 rings (SSSR count). The molecule has 0 radical (unpaired) electrons. The van der Waals surface area contributed by atoms with Crippen molar-refractivity contribution in [2.45, 2.75) is 40.8 Å². The summed E-state index contributed by atoms with van der Waals surface area (Å²) in [6.45, 7) is 8.99. The maximum Gasteiger partial charge on any atom is 0.411 e. The van der Waals surface area contributed by atoms with Gasteiger partial charge in [-0.1, -0.05) is 17.7 Å². The highest BCUT2D eigenvalue weighted by Crippen LogP contribution is 2.32. The third kappa shape index (κ3) is 4.43. The standard InChI is InChI=1S/C23H23ClN4O2S/c1-5-28-15(4)26-19-11-17(7-9-20(19)28)27-23(29)30-12-21-14(3)25-22(31-21)18-8-6-16(24)10-13(18)2/h6-11H,5,12H2,1-4H3,(H,27,29). The summed E-state index contributed by atoms with van der Waals surface area (Å²) in [5.41, 5.74) is 5.48. The molecule has 0 bridgehead atoms. The maximum atomic E-state index is 12.3. The van der Waals surface area contributed by atoms with Crippen LogP contribution in [0.5, 0.6) is 0 Å². The zero-order valence-electron chi connectivity index (χ0n) is 17.8. The van der Waals surface area contributed by atoms with Crippen LogP contribution in [-0.2, 0) is 17.9 Å². The number of nitrogens with zero attached hydrogens (tertiary/aromatic N) is 3. The maximum absolute atomic E-state index is 12.3. The highest BCUT2D eigenvalue weighted by molar-refractivity contribution is 7.15. The van der Waals surface area contributed by atoms with Gasteiger partial charge in [-0.3, -0.25) is 5.32 Å². The van der Waals surface area contributed by atoms with E-state index in [2.05, 4.69) is 26.8 Å². The first-order valence-electron chi connectivity index (χ1n) is 9.99. The summed E-state index contributed by atoms with van der Waals surface area (Å²) < 4.78 is 7.58. The van der Waals surface area contributed by atoms with Gasteiger partial charge in [0.2, 0.25) is 0 Å². The highest BCUT2D eigenvalue weighted by Gasteiger charge is 2.14. The van der Waals surface area contributed by atoms with Crippen molar-refractivity contribution in [3.8, 4) is 10.6 Å². The van der Waals surface area contributed by atoms with Crippen LogP contribution in [0.15, 0.2) is 36.4 Å². The molecule has 1 amide bonds. The van der Waals surface area contributed by atoms with Gasteiger partial charge in [-0.25, -0.2) is 14.8 Å². The number of fused-ring (bicyclic) bond motifs is 1. The van der Waals surface area contributed by atoms with Crippen LogP contribution in [0, 0.1) is 20.8 Å². The number of halogens is 1. The summed E-state index contributed by atoms with van der Waals surface area (Å²) in [6, 6.07) is 11.4. The van der Waals surface area contributed by atoms with Gasteiger partial charge in [-0.15, -0.1) is 11.3 Å². The molecular weight excluding hydrogens is 432 g/mol. The molecular formula is C23H23ClN4O2S. The number of carbonyl (C=O) groups excluding carboxylic acids is 1. The molecule has 160 valence electrons. The van der Waals surface area contributed by atoms with Gasteiger partial charge in [0.05, 0.1) is 21.6 Å². The molecule has 31 heavy (non-hydrogen) atoms. The van der Waals surface area contributed by atoms with Crippen LogP contribution in [0.4, 0.5) is 10.5 Å². The lowest BCUT2D eigenvalue weighted by molar-refractivity contribution is 0.156. The van der Waals surface area contributed by atoms with Crippen LogP contribution in [0.25, 0.3) is 21.6 Å². The van der Waals surface area contributed by atoms with Gasteiger partial charge in [0.15, 0.2) is 0 Å². The number of imidazole rings is 1. The van der Waals surface area contributed by atoms with E-state index in [9.17, 15) is 4.79 Å². The number of benzene rings is 2. The number of amides is 1. The Balaban J connectivity index is 1.43. The fourth-order valence-electron chi connectivity index (χ4n) is 3.56. The number of aromatic nitrogens is 3. The topological polar surface area (TPSA) is 69.0 Å². The Labute approximate surface area is 189 Å². The molecule has 0 saturated heterocycles. The number of nitrogens with one attached hydrogen (secondary N) is 1. The van der Waals surface area contributed by atoms with E-state index < -0.39 is 6.09 Å². The molecule has 1 N–H and O–H groups in total. The molecule has 0 saturated carbocycles. The molecule has 8 heteroatoms. The Kier molecular flexibility index (Phi) is 5.98. The molecule has 2 heterocycles. The lowest BCUT2D eigenvalue weighted by atomic mass is 10.1. The predicted octanol–water partition coefficient (Wildman–Crippen LogP) is 6.51. The number of aryl methyl sites for hydroxylation is 4. The number of thiazole rings is 1. The Morgan fingerprint density at radius 3 is 2.71 bits per heavy atom. The summed E-state index contributed by atoms with van der Waals surface area (Å²) in [5, 5.41) is 4.37. The van der Waals surface area contributed by atoms with Gasteiger partial charge < -0.3 is 9.30 Å². The summed E-state index contributed by atoms with van der Waals surface area (Å²) >= 11 is 7.57.